The fourth-order valence-electron chi connectivity index (χ4n) is 2.79. The molecule has 1 aromatic carbocycles. The number of carboxylic acid groups (broad SMARTS) is 1. The summed E-state index contributed by atoms with van der Waals surface area (Å²) in [5.41, 5.74) is 0.511. The quantitative estimate of drug-likeness (QED) is 0.884. The van der Waals surface area contributed by atoms with Crippen molar-refractivity contribution in [3.05, 3.63) is 35.4 Å². The number of rotatable bonds is 3. The number of carboxylic acids is 1. The molecule has 3 rings (SSSR count). The lowest BCUT2D eigenvalue weighted by atomic mass is 9.93. The van der Waals surface area contributed by atoms with Gasteiger partial charge in [0.25, 0.3) is 5.91 Å². The highest BCUT2D eigenvalue weighted by Crippen LogP contribution is 2.45. The van der Waals surface area contributed by atoms with Gasteiger partial charge in [0, 0.05) is 12.1 Å². The standard InChI is InChI=1S/C14H15NO3/c1-14(13(17)18,10-6-7-10)15-8-9-4-2-3-5-11(9)12(15)16/h2-5,10H,6-8H2,1H3,(H,17,18). The maximum absolute atomic E-state index is 12.3. The molecule has 0 saturated heterocycles. The molecule has 18 heavy (non-hydrogen) atoms. The Labute approximate surface area is 105 Å². The van der Waals surface area contributed by atoms with Crippen LogP contribution in [0.5, 0.6) is 0 Å². The summed E-state index contributed by atoms with van der Waals surface area (Å²) in [6.45, 7) is 2.09. The smallest absolute Gasteiger partial charge is 0.329 e. The second-order valence-electron chi connectivity index (χ2n) is 5.28. The van der Waals surface area contributed by atoms with Crippen molar-refractivity contribution in [1.82, 2.24) is 4.90 Å². The topological polar surface area (TPSA) is 57.6 Å². The predicted molar refractivity (Wildman–Crippen MR) is 65.1 cm³/mol. The van der Waals surface area contributed by atoms with Crippen molar-refractivity contribution in [2.45, 2.75) is 31.8 Å². The largest absolute Gasteiger partial charge is 0.479 e. The summed E-state index contributed by atoms with van der Waals surface area (Å²) in [6.07, 6.45) is 1.78. The molecule has 1 atom stereocenters. The number of benzene rings is 1. The van der Waals surface area contributed by atoms with Gasteiger partial charge in [0.15, 0.2) is 0 Å². The van der Waals surface area contributed by atoms with Gasteiger partial charge >= 0.3 is 5.97 Å². The Bertz CT molecular complexity index is 536. The van der Waals surface area contributed by atoms with E-state index in [1.807, 2.05) is 18.2 Å². The van der Waals surface area contributed by atoms with Crippen LogP contribution in [0, 0.1) is 5.92 Å². The van der Waals surface area contributed by atoms with E-state index in [1.54, 1.807) is 13.0 Å². The Kier molecular flexibility index (Phi) is 2.24. The number of carbonyl (C=O) groups is 2. The van der Waals surface area contributed by atoms with Crippen LogP contribution in [-0.2, 0) is 11.3 Å². The van der Waals surface area contributed by atoms with Crippen LogP contribution in [-0.4, -0.2) is 27.4 Å². The summed E-state index contributed by atoms with van der Waals surface area (Å²) < 4.78 is 0. The number of amides is 1. The van der Waals surface area contributed by atoms with Crippen LogP contribution in [0.3, 0.4) is 0 Å². The van der Waals surface area contributed by atoms with E-state index < -0.39 is 11.5 Å². The summed E-state index contributed by atoms with van der Waals surface area (Å²) in [6, 6.07) is 7.36. The Balaban J connectivity index is 2.00. The molecule has 4 heteroatoms. The molecule has 94 valence electrons. The fourth-order valence-corrected chi connectivity index (χ4v) is 2.79. The molecule has 1 fully saturated rings. The van der Waals surface area contributed by atoms with Gasteiger partial charge in [-0.05, 0) is 37.3 Å². The third-order valence-corrected chi connectivity index (χ3v) is 4.19. The molecule has 2 aliphatic rings. The minimum atomic E-state index is -1.06. The fraction of sp³-hybridized carbons (Fsp3) is 0.429. The molecular weight excluding hydrogens is 230 g/mol. The lowest BCUT2D eigenvalue weighted by Gasteiger charge is -2.35. The Morgan fingerprint density at radius 1 is 1.39 bits per heavy atom. The summed E-state index contributed by atoms with van der Waals surface area (Å²) in [5, 5.41) is 9.51. The average Bonchev–Trinajstić information content (AvgIpc) is 3.14. The van der Waals surface area contributed by atoms with Crippen molar-refractivity contribution in [3.8, 4) is 0 Å². The molecule has 1 aliphatic heterocycles. The van der Waals surface area contributed by atoms with Crippen molar-refractivity contribution in [3.63, 3.8) is 0 Å². The van der Waals surface area contributed by atoms with Crippen LogP contribution in [0.2, 0.25) is 0 Å². The molecule has 1 amide bonds. The average molecular weight is 245 g/mol. The van der Waals surface area contributed by atoms with Gasteiger partial charge < -0.3 is 10.0 Å². The van der Waals surface area contributed by atoms with E-state index in [-0.39, 0.29) is 11.8 Å². The maximum Gasteiger partial charge on any atom is 0.329 e. The van der Waals surface area contributed by atoms with Crippen LogP contribution in [0.1, 0.15) is 35.7 Å². The molecule has 0 bridgehead atoms. The van der Waals surface area contributed by atoms with Crippen molar-refractivity contribution >= 4 is 11.9 Å². The number of hydrogen-bond donors (Lipinski definition) is 1. The van der Waals surface area contributed by atoms with Crippen molar-refractivity contribution < 1.29 is 14.7 Å². The molecule has 0 aromatic heterocycles. The Morgan fingerprint density at radius 3 is 2.61 bits per heavy atom. The normalized spacial score (nSPS) is 21.6. The lowest BCUT2D eigenvalue weighted by Crippen LogP contribution is -2.54. The first kappa shape index (κ1) is 11.3. The van der Waals surface area contributed by atoms with E-state index in [0.717, 1.165) is 18.4 Å². The first-order valence-corrected chi connectivity index (χ1v) is 6.18. The van der Waals surface area contributed by atoms with Crippen molar-refractivity contribution in [2.24, 2.45) is 5.92 Å². The maximum atomic E-state index is 12.3. The minimum absolute atomic E-state index is 0.0910. The monoisotopic (exact) mass is 245 g/mol. The number of hydrogen-bond acceptors (Lipinski definition) is 2. The molecule has 1 aromatic rings. The molecule has 0 spiro atoms. The number of aliphatic carboxylic acids is 1. The van der Waals surface area contributed by atoms with Crippen LogP contribution >= 0.6 is 0 Å². The van der Waals surface area contributed by atoms with E-state index >= 15 is 0 Å². The van der Waals surface area contributed by atoms with Crippen LogP contribution in [0.15, 0.2) is 24.3 Å². The molecule has 1 unspecified atom stereocenters. The van der Waals surface area contributed by atoms with Gasteiger partial charge in [-0.3, -0.25) is 4.79 Å². The zero-order chi connectivity index (χ0) is 12.9. The molecule has 1 N–H and O–H groups in total. The van der Waals surface area contributed by atoms with Gasteiger partial charge in [0.2, 0.25) is 0 Å². The van der Waals surface area contributed by atoms with Gasteiger partial charge in [-0.2, -0.15) is 0 Å². The van der Waals surface area contributed by atoms with Crippen LogP contribution in [0.4, 0.5) is 0 Å². The van der Waals surface area contributed by atoms with E-state index in [0.29, 0.717) is 12.1 Å². The first-order chi connectivity index (χ1) is 8.55. The molecule has 1 saturated carbocycles. The molecular formula is C14H15NO3. The van der Waals surface area contributed by atoms with E-state index in [2.05, 4.69) is 0 Å². The third kappa shape index (κ3) is 1.38. The summed E-state index contributed by atoms with van der Waals surface area (Å²) in [5.74, 6) is -0.957. The minimum Gasteiger partial charge on any atom is -0.479 e. The van der Waals surface area contributed by atoms with Gasteiger partial charge in [0.05, 0.1) is 0 Å². The van der Waals surface area contributed by atoms with Crippen LogP contribution < -0.4 is 0 Å². The van der Waals surface area contributed by atoms with Crippen molar-refractivity contribution in [1.29, 1.82) is 0 Å². The van der Waals surface area contributed by atoms with Crippen molar-refractivity contribution in [2.75, 3.05) is 0 Å². The highest BCUT2D eigenvalue weighted by atomic mass is 16.4. The summed E-state index contributed by atoms with van der Waals surface area (Å²) in [7, 11) is 0. The number of fused-ring (bicyclic) bond motifs is 1. The third-order valence-electron chi connectivity index (χ3n) is 4.19. The summed E-state index contributed by atoms with van der Waals surface area (Å²) in [4.78, 5) is 25.5. The van der Waals surface area contributed by atoms with E-state index in [9.17, 15) is 14.7 Å². The molecule has 4 nitrogen and oxygen atoms in total. The van der Waals surface area contributed by atoms with Gasteiger partial charge in [-0.25, -0.2) is 4.79 Å². The lowest BCUT2D eigenvalue weighted by molar-refractivity contribution is -0.150. The van der Waals surface area contributed by atoms with E-state index in [4.69, 9.17) is 0 Å². The molecule has 0 radical (unpaired) electrons. The zero-order valence-corrected chi connectivity index (χ0v) is 10.2. The first-order valence-electron chi connectivity index (χ1n) is 6.18. The molecule has 1 aliphatic carbocycles. The zero-order valence-electron chi connectivity index (χ0n) is 10.2. The number of carbonyl (C=O) groups excluding carboxylic acids is 1. The van der Waals surface area contributed by atoms with Gasteiger partial charge in [0.1, 0.15) is 5.54 Å². The van der Waals surface area contributed by atoms with Gasteiger partial charge in [-0.1, -0.05) is 18.2 Å². The molecule has 1 heterocycles. The Morgan fingerprint density at radius 2 is 2.06 bits per heavy atom. The second-order valence-corrected chi connectivity index (χ2v) is 5.28. The van der Waals surface area contributed by atoms with Crippen LogP contribution in [0.25, 0.3) is 0 Å². The second kappa shape index (κ2) is 3.57. The highest BCUT2D eigenvalue weighted by Gasteiger charge is 2.54. The SMILES string of the molecule is CC(C(=O)O)(C1CC1)N1Cc2ccccc2C1=O. The van der Waals surface area contributed by atoms with Gasteiger partial charge in [-0.15, -0.1) is 0 Å². The predicted octanol–water partition coefficient (Wildman–Crippen LogP) is 1.90. The Hall–Kier alpha value is -1.84. The highest BCUT2D eigenvalue weighted by molar-refractivity contribution is 6.01. The summed E-state index contributed by atoms with van der Waals surface area (Å²) >= 11 is 0. The van der Waals surface area contributed by atoms with E-state index in [1.165, 1.54) is 4.90 Å². The number of nitrogens with zero attached hydrogens (tertiary/aromatic N) is 1.